The summed E-state index contributed by atoms with van der Waals surface area (Å²) in [4.78, 5) is 13.0. The number of carbonyl (C=O) groups is 1. The number of aliphatic carboxylic acids is 1. The highest BCUT2D eigenvalue weighted by Crippen LogP contribution is 2.19. The summed E-state index contributed by atoms with van der Waals surface area (Å²) < 4.78 is 5.19. The molecule has 1 fully saturated rings. The third kappa shape index (κ3) is 2.97. The maximum atomic E-state index is 11.1. The molecule has 1 heterocycles. The molecule has 1 aromatic carbocycles. The van der Waals surface area contributed by atoms with E-state index in [2.05, 4.69) is 0 Å². The van der Waals surface area contributed by atoms with Gasteiger partial charge >= 0.3 is 5.97 Å². The molecule has 0 amide bonds. The van der Waals surface area contributed by atoms with Crippen LogP contribution in [0.2, 0.25) is 5.02 Å². The maximum absolute atomic E-state index is 11.1. The Labute approximate surface area is 105 Å². The summed E-state index contributed by atoms with van der Waals surface area (Å²) in [5.74, 6) is -0.850. The first-order chi connectivity index (χ1) is 8.18. The van der Waals surface area contributed by atoms with E-state index in [4.69, 9.17) is 21.4 Å². The Hall–Kier alpha value is -1.10. The topological polar surface area (TPSA) is 49.8 Å². The van der Waals surface area contributed by atoms with Crippen LogP contribution in [0.25, 0.3) is 0 Å². The van der Waals surface area contributed by atoms with Gasteiger partial charge in [0.25, 0.3) is 0 Å². The molecule has 0 radical (unpaired) electrons. The van der Waals surface area contributed by atoms with E-state index in [0.29, 0.717) is 24.7 Å². The third-order valence-corrected chi connectivity index (χ3v) is 3.22. The molecule has 0 bridgehead atoms. The van der Waals surface area contributed by atoms with Crippen LogP contribution in [0.3, 0.4) is 0 Å². The average molecular weight is 256 g/mol. The number of hydrogen-bond donors (Lipinski definition) is 1. The molecule has 0 aromatic heterocycles. The van der Waals surface area contributed by atoms with E-state index in [1.54, 1.807) is 0 Å². The molecule has 1 N–H and O–H groups in total. The van der Waals surface area contributed by atoms with Crippen LogP contribution in [0, 0.1) is 0 Å². The lowest BCUT2D eigenvalue weighted by atomic mass is 10.1. The van der Waals surface area contributed by atoms with Crippen molar-refractivity contribution in [3.05, 3.63) is 34.9 Å². The first kappa shape index (κ1) is 12.4. The van der Waals surface area contributed by atoms with E-state index >= 15 is 0 Å². The van der Waals surface area contributed by atoms with Crippen LogP contribution in [0.4, 0.5) is 0 Å². The zero-order valence-corrected chi connectivity index (χ0v) is 10.1. The fraction of sp³-hybridized carbons (Fsp3) is 0.417. The largest absolute Gasteiger partial charge is 0.480 e. The second-order valence-corrected chi connectivity index (χ2v) is 4.40. The molecule has 0 saturated carbocycles. The second kappa shape index (κ2) is 5.49. The average Bonchev–Trinajstić information content (AvgIpc) is 2.32. The normalized spacial score (nSPS) is 21.4. The zero-order valence-electron chi connectivity index (χ0n) is 9.30. The van der Waals surface area contributed by atoms with Gasteiger partial charge in [-0.3, -0.25) is 9.69 Å². The van der Waals surface area contributed by atoms with Crippen molar-refractivity contribution in [2.24, 2.45) is 0 Å². The molecule has 5 heteroatoms. The Balaban J connectivity index is 2.11. The Kier molecular flexibility index (Phi) is 3.99. The second-order valence-electron chi connectivity index (χ2n) is 3.99. The summed E-state index contributed by atoms with van der Waals surface area (Å²) in [5.41, 5.74) is 0.947. The molecule has 1 aliphatic rings. The highest BCUT2D eigenvalue weighted by atomic mass is 35.5. The summed E-state index contributed by atoms with van der Waals surface area (Å²) in [6, 6.07) is 6.90. The van der Waals surface area contributed by atoms with Gasteiger partial charge in [0, 0.05) is 18.1 Å². The highest BCUT2D eigenvalue weighted by Gasteiger charge is 2.29. The molecule has 1 unspecified atom stereocenters. The van der Waals surface area contributed by atoms with Gasteiger partial charge in [0.15, 0.2) is 0 Å². The molecule has 1 saturated heterocycles. The van der Waals surface area contributed by atoms with E-state index in [0.717, 1.165) is 5.56 Å². The minimum absolute atomic E-state index is 0.236. The molecule has 1 atom stereocenters. The predicted molar refractivity (Wildman–Crippen MR) is 64.1 cm³/mol. The number of nitrogens with zero attached hydrogens (tertiary/aromatic N) is 1. The highest BCUT2D eigenvalue weighted by molar-refractivity contribution is 6.31. The summed E-state index contributed by atoms with van der Waals surface area (Å²) in [7, 11) is 0. The van der Waals surface area contributed by atoms with Crippen molar-refractivity contribution in [1.82, 2.24) is 4.90 Å². The maximum Gasteiger partial charge on any atom is 0.323 e. The number of halogens is 1. The van der Waals surface area contributed by atoms with Gasteiger partial charge in [-0.2, -0.15) is 0 Å². The molecular weight excluding hydrogens is 242 g/mol. The molecule has 1 aliphatic heterocycles. The first-order valence-corrected chi connectivity index (χ1v) is 5.84. The van der Waals surface area contributed by atoms with Gasteiger partial charge < -0.3 is 9.84 Å². The van der Waals surface area contributed by atoms with Crippen LogP contribution < -0.4 is 0 Å². The number of carboxylic acid groups (broad SMARTS) is 1. The minimum atomic E-state index is -0.850. The lowest BCUT2D eigenvalue weighted by Crippen LogP contribution is -2.49. The fourth-order valence-corrected chi connectivity index (χ4v) is 2.10. The number of morpholine rings is 1. The molecule has 0 aliphatic carbocycles. The third-order valence-electron chi connectivity index (χ3n) is 2.86. The molecule has 0 spiro atoms. The lowest BCUT2D eigenvalue weighted by molar-refractivity contribution is -0.150. The summed E-state index contributed by atoms with van der Waals surface area (Å²) in [6.45, 7) is 1.95. The first-order valence-electron chi connectivity index (χ1n) is 5.46. The molecule has 2 rings (SSSR count). The fourth-order valence-electron chi connectivity index (χ4n) is 1.90. The van der Waals surface area contributed by atoms with Crippen molar-refractivity contribution in [3.63, 3.8) is 0 Å². The van der Waals surface area contributed by atoms with E-state index in [1.165, 1.54) is 0 Å². The number of hydrogen-bond acceptors (Lipinski definition) is 3. The minimum Gasteiger partial charge on any atom is -0.480 e. The van der Waals surface area contributed by atoms with Gasteiger partial charge in [-0.15, -0.1) is 0 Å². The van der Waals surface area contributed by atoms with Crippen LogP contribution in [-0.2, 0) is 16.1 Å². The van der Waals surface area contributed by atoms with Crippen LogP contribution >= 0.6 is 11.6 Å². The molecular formula is C12H14ClNO3. The van der Waals surface area contributed by atoms with Crippen molar-refractivity contribution in [2.75, 3.05) is 19.8 Å². The predicted octanol–water partition coefficient (Wildman–Crippen LogP) is 1.63. The monoisotopic (exact) mass is 255 g/mol. The van der Waals surface area contributed by atoms with Crippen LogP contribution in [-0.4, -0.2) is 41.8 Å². The van der Waals surface area contributed by atoms with Crippen molar-refractivity contribution in [2.45, 2.75) is 12.6 Å². The Morgan fingerprint density at radius 2 is 2.29 bits per heavy atom. The Bertz CT molecular complexity index is 410. The van der Waals surface area contributed by atoms with E-state index in [9.17, 15) is 4.79 Å². The zero-order chi connectivity index (χ0) is 12.3. The summed E-state index contributed by atoms with van der Waals surface area (Å²) >= 11 is 6.07. The number of benzene rings is 1. The quantitative estimate of drug-likeness (QED) is 0.892. The molecule has 4 nitrogen and oxygen atoms in total. The Morgan fingerprint density at radius 3 is 3.00 bits per heavy atom. The van der Waals surface area contributed by atoms with E-state index in [-0.39, 0.29) is 6.61 Å². The van der Waals surface area contributed by atoms with Gasteiger partial charge in [-0.1, -0.05) is 29.8 Å². The van der Waals surface area contributed by atoms with Gasteiger partial charge in [0.2, 0.25) is 0 Å². The van der Waals surface area contributed by atoms with Gasteiger partial charge in [0.05, 0.1) is 13.2 Å². The smallest absolute Gasteiger partial charge is 0.323 e. The van der Waals surface area contributed by atoms with Crippen molar-refractivity contribution < 1.29 is 14.6 Å². The summed E-state index contributed by atoms with van der Waals surface area (Å²) in [6.07, 6.45) is 0. The van der Waals surface area contributed by atoms with E-state index < -0.39 is 12.0 Å². The number of rotatable bonds is 3. The van der Waals surface area contributed by atoms with Crippen molar-refractivity contribution in [3.8, 4) is 0 Å². The molecule has 92 valence electrons. The van der Waals surface area contributed by atoms with Gasteiger partial charge in [0.1, 0.15) is 6.04 Å². The summed E-state index contributed by atoms with van der Waals surface area (Å²) in [5, 5.41) is 9.77. The van der Waals surface area contributed by atoms with Gasteiger partial charge in [-0.05, 0) is 11.6 Å². The van der Waals surface area contributed by atoms with E-state index in [1.807, 2.05) is 29.2 Å². The van der Waals surface area contributed by atoms with Crippen LogP contribution in [0.15, 0.2) is 24.3 Å². The van der Waals surface area contributed by atoms with Gasteiger partial charge in [-0.25, -0.2) is 0 Å². The lowest BCUT2D eigenvalue weighted by Gasteiger charge is -2.32. The standard InChI is InChI=1S/C12H14ClNO3/c13-10-4-2-1-3-9(10)7-14-5-6-17-8-11(14)12(15)16/h1-4,11H,5-8H2,(H,15,16). The Morgan fingerprint density at radius 1 is 1.53 bits per heavy atom. The number of carboxylic acids is 1. The number of ether oxygens (including phenoxy) is 1. The van der Waals surface area contributed by atoms with Crippen molar-refractivity contribution >= 4 is 17.6 Å². The SMILES string of the molecule is O=C(O)C1COCCN1Cc1ccccc1Cl. The van der Waals surface area contributed by atoms with Crippen LogP contribution in [0.1, 0.15) is 5.56 Å². The molecule has 17 heavy (non-hydrogen) atoms. The van der Waals surface area contributed by atoms with Crippen LogP contribution in [0.5, 0.6) is 0 Å². The van der Waals surface area contributed by atoms with Crippen molar-refractivity contribution in [1.29, 1.82) is 0 Å². The molecule has 1 aromatic rings.